The lowest BCUT2D eigenvalue weighted by Crippen LogP contribution is -2.13. The van der Waals surface area contributed by atoms with E-state index in [0.29, 0.717) is 21.4 Å². The minimum absolute atomic E-state index is 0.0167. The summed E-state index contributed by atoms with van der Waals surface area (Å²) < 4.78 is 5.01. The van der Waals surface area contributed by atoms with Gasteiger partial charge in [-0.1, -0.05) is 23.2 Å². The summed E-state index contributed by atoms with van der Waals surface area (Å²) in [6, 6.07) is 3.28. The molecule has 3 N–H and O–H groups in total. The predicted octanol–water partition coefficient (Wildman–Crippen LogP) is 2.36. The molecular formula is C10H11Cl2N3O. The van der Waals surface area contributed by atoms with Crippen LogP contribution in [0.15, 0.2) is 17.1 Å². The van der Waals surface area contributed by atoms with E-state index in [9.17, 15) is 0 Å². The van der Waals surface area contributed by atoms with Crippen LogP contribution in [0.25, 0.3) is 0 Å². The van der Waals surface area contributed by atoms with Crippen LogP contribution in [-0.4, -0.2) is 25.7 Å². The zero-order valence-electron chi connectivity index (χ0n) is 8.63. The van der Waals surface area contributed by atoms with Gasteiger partial charge in [-0.3, -0.25) is 10.4 Å². The molecule has 0 spiro atoms. The summed E-state index contributed by atoms with van der Waals surface area (Å²) in [5, 5.41) is 7.89. The third-order valence-corrected chi connectivity index (χ3v) is 2.40. The standard InChI is InChI=1S/C10H11Cl2N3O/c1-16-6-2-8(11)7(9(12)3-6)4-15-5-10(13)14/h2-4H,5H2,1H3,(H3,13,14). The molecule has 0 atom stereocenters. The number of nitrogens with one attached hydrogen (secondary N) is 1. The van der Waals surface area contributed by atoms with E-state index in [1.165, 1.54) is 13.3 Å². The summed E-state index contributed by atoms with van der Waals surface area (Å²) in [6.07, 6.45) is 1.49. The maximum absolute atomic E-state index is 7.01. The van der Waals surface area contributed by atoms with Crippen molar-refractivity contribution in [2.45, 2.75) is 0 Å². The summed E-state index contributed by atoms with van der Waals surface area (Å²) in [7, 11) is 1.53. The van der Waals surface area contributed by atoms with Gasteiger partial charge in [0.1, 0.15) is 11.6 Å². The molecule has 0 heterocycles. The number of rotatable bonds is 4. The molecule has 1 rings (SSSR count). The number of benzene rings is 1. The van der Waals surface area contributed by atoms with E-state index >= 15 is 0 Å². The molecule has 16 heavy (non-hydrogen) atoms. The number of hydrogen-bond acceptors (Lipinski definition) is 3. The Kier molecular flexibility index (Phi) is 4.58. The number of nitrogens with zero attached hydrogens (tertiary/aromatic N) is 1. The molecule has 0 aliphatic carbocycles. The van der Waals surface area contributed by atoms with E-state index in [1.807, 2.05) is 0 Å². The van der Waals surface area contributed by atoms with Crippen LogP contribution in [0.2, 0.25) is 10.0 Å². The molecular weight excluding hydrogens is 249 g/mol. The Labute approximate surface area is 104 Å². The fourth-order valence-electron chi connectivity index (χ4n) is 1.04. The van der Waals surface area contributed by atoms with Crippen molar-refractivity contribution in [2.75, 3.05) is 13.7 Å². The highest BCUT2D eigenvalue weighted by Gasteiger charge is 2.06. The SMILES string of the molecule is COc1cc(Cl)c(C=NCC(=N)N)c(Cl)c1. The minimum Gasteiger partial charge on any atom is -0.497 e. The molecule has 4 nitrogen and oxygen atoms in total. The second-order valence-electron chi connectivity index (χ2n) is 3.00. The molecule has 0 aliphatic heterocycles. The molecule has 0 fully saturated rings. The normalized spacial score (nSPS) is 10.7. The van der Waals surface area contributed by atoms with Crippen LogP contribution in [0.4, 0.5) is 0 Å². The van der Waals surface area contributed by atoms with E-state index in [2.05, 4.69) is 4.99 Å². The summed E-state index contributed by atoms with van der Waals surface area (Å²) in [4.78, 5) is 3.93. The van der Waals surface area contributed by atoms with Gasteiger partial charge in [-0.25, -0.2) is 0 Å². The van der Waals surface area contributed by atoms with Crippen LogP contribution in [0, 0.1) is 5.41 Å². The second kappa shape index (κ2) is 5.72. The Balaban J connectivity index is 2.96. The lowest BCUT2D eigenvalue weighted by atomic mass is 10.2. The molecule has 6 heteroatoms. The first-order valence-corrected chi connectivity index (χ1v) is 5.16. The topological polar surface area (TPSA) is 71.5 Å². The summed E-state index contributed by atoms with van der Waals surface area (Å²) in [5.41, 5.74) is 5.75. The zero-order chi connectivity index (χ0) is 12.1. The van der Waals surface area contributed by atoms with Crippen LogP contribution in [0.5, 0.6) is 5.75 Å². The number of ether oxygens (including phenoxy) is 1. The highest BCUT2D eigenvalue weighted by atomic mass is 35.5. The highest BCUT2D eigenvalue weighted by molar-refractivity contribution is 6.38. The number of hydrogen-bond donors (Lipinski definition) is 2. The Morgan fingerprint density at radius 1 is 1.50 bits per heavy atom. The summed E-state index contributed by atoms with van der Waals surface area (Å²) in [6.45, 7) is 0.124. The fraction of sp³-hybridized carbons (Fsp3) is 0.200. The number of halogens is 2. The van der Waals surface area contributed by atoms with Gasteiger partial charge in [0.2, 0.25) is 0 Å². The van der Waals surface area contributed by atoms with Crippen LogP contribution in [-0.2, 0) is 0 Å². The number of nitrogens with two attached hydrogens (primary N) is 1. The maximum Gasteiger partial charge on any atom is 0.121 e. The Morgan fingerprint density at radius 2 is 2.06 bits per heavy atom. The van der Waals surface area contributed by atoms with Crippen LogP contribution in [0.3, 0.4) is 0 Å². The van der Waals surface area contributed by atoms with Gasteiger partial charge >= 0.3 is 0 Å². The average molecular weight is 260 g/mol. The van der Waals surface area contributed by atoms with Gasteiger partial charge in [0.25, 0.3) is 0 Å². The molecule has 0 bridgehead atoms. The number of aliphatic imine (C=N–C) groups is 1. The van der Waals surface area contributed by atoms with E-state index in [-0.39, 0.29) is 12.4 Å². The monoisotopic (exact) mass is 259 g/mol. The van der Waals surface area contributed by atoms with E-state index in [0.717, 1.165) is 0 Å². The first-order valence-electron chi connectivity index (χ1n) is 4.40. The van der Waals surface area contributed by atoms with Gasteiger partial charge in [-0.05, 0) is 12.1 Å². The van der Waals surface area contributed by atoms with Crippen molar-refractivity contribution in [1.29, 1.82) is 5.41 Å². The van der Waals surface area contributed by atoms with Crippen molar-refractivity contribution in [3.63, 3.8) is 0 Å². The molecule has 0 radical (unpaired) electrons. The van der Waals surface area contributed by atoms with E-state index in [1.54, 1.807) is 12.1 Å². The van der Waals surface area contributed by atoms with Crippen LogP contribution >= 0.6 is 23.2 Å². The molecule has 1 aromatic rings. The van der Waals surface area contributed by atoms with Gasteiger partial charge < -0.3 is 10.5 Å². The fourth-order valence-corrected chi connectivity index (χ4v) is 1.60. The lowest BCUT2D eigenvalue weighted by Gasteiger charge is -2.05. The molecule has 0 saturated carbocycles. The minimum atomic E-state index is -0.0167. The molecule has 1 aromatic carbocycles. The molecule has 0 unspecified atom stereocenters. The van der Waals surface area contributed by atoms with E-state index in [4.69, 9.17) is 39.1 Å². The smallest absolute Gasteiger partial charge is 0.121 e. The number of amidine groups is 1. The molecule has 0 aromatic heterocycles. The van der Waals surface area contributed by atoms with Gasteiger partial charge in [-0.2, -0.15) is 0 Å². The van der Waals surface area contributed by atoms with Gasteiger partial charge in [0.15, 0.2) is 0 Å². The molecule has 0 amide bonds. The van der Waals surface area contributed by atoms with Gasteiger partial charge in [-0.15, -0.1) is 0 Å². The Hall–Kier alpha value is -1.26. The first-order chi connectivity index (χ1) is 7.54. The number of methoxy groups -OCH3 is 1. The van der Waals surface area contributed by atoms with Crippen LogP contribution < -0.4 is 10.5 Å². The zero-order valence-corrected chi connectivity index (χ0v) is 10.1. The summed E-state index contributed by atoms with van der Waals surface area (Å²) >= 11 is 12.0. The van der Waals surface area contributed by atoms with Crippen molar-refractivity contribution >= 4 is 35.3 Å². The van der Waals surface area contributed by atoms with Crippen molar-refractivity contribution in [1.82, 2.24) is 0 Å². The third kappa shape index (κ3) is 3.40. The van der Waals surface area contributed by atoms with Crippen LogP contribution in [0.1, 0.15) is 5.56 Å². The lowest BCUT2D eigenvalue weighted by molar-refractivity contribution is 0.415. The third-order valence-electron chi connectivity index (χ3n) is 1.77. The molecule has 0 aliphatic rings. The quantitative estimate of drug-likeness (QED) is 0.644. The average Bonchev–Trinajstić information content (AvgIpc) is 2.21. The maximum atomic E-state index is 7.01. The molecule has 86 valence electrons. The van der Waals surface area contributed by atoms with Crippen molar-refractivity contribution < 1.29 is 4.74 Å². The van der Waals surface area contributed by atoms with Gasteiger partial charge in [0, 0.05) is 11.8 Å². The first kappa shape index (κ1) is 12.8. The summed E-state index contributed by atoms with van der Waals surface area (Å²) in [5.74, 6) is 0.565. The Morgan fingerprint density at radius 3 is 2.50 bits per heavy atom. The van der Waals surface area contributed by atoms with Crippen molar-refractivity contribution in [2.24, 2.45) is 10.7 Å². The second-order valence-corrected chi connectivity index (χ2v) is 3.81. The molecule has 0 saturated heterocycles. The predicted molar refractivity (Wildman–Crippen MR) is 67.4 cm³/mol. The Bertz CT molecular complexity index is 409. The largest absolute Gasteiger partial charge is 0.497 e. The van der Waals surface area contributed by atoms with Gasteiger partial charge in [0.05, 0.1) is 23.7 Å². The van der Waals surface area contributed by atoms with E-state index < -0.39 is 0 Å². The van der Waals surface area contributed by atoms with Crippen molar-refractivity contribution in [3.05, 3.63) is 27.7 Å². The van der Waals surface area contributed by atoms with Crippen molar-refractivity contribution in [3.8, 4) is 5.75 Å². The highest BCUT2D eigenvalue weighted by Crippen LogP contribution is 2.28.